The summed E-state index contributed by atoms with van der Waals surface area (Å²) >= 11 is 0. The predicted octanol–water partition coefficient (Wildman–Crippen LogP) is -2.33. The van der Waals surface area contributed by atoms with Gasteiger partial charge in [-0.2, -0.15) is 0 Å². The van der Waals surface area contributed by atoms with Crippen molar-refractivity contribution in [2.24, 2.45) is 0 Å². The molecule has 0 spiro atoms. The fraction of sp³-hybridized carbons (Fsp3) is 1.00. The van der Waals surface area contributed by atoms with Crippen LogP contribution in [0.15, 0.2) is 0 Å². The number of hydrogen-bond donors (Lipinski definition) is 4. The fourth-order valence-corrected chi connectivity index (χ4v) is 0.894. The monoisotopic (exact) mass is 133 g/mol. The smallest absolute Gasteiger partial charge is 0.127 e. The summed E-state index contributed by atoms with van der Waals surface area (Å²) in [5, 5.41) is 29.5. The topological polar surface area (TPSA) is 72.7 Å². The molecule has 4 heteroatoms. The minimum absolute atomic E-state index is 0.269. The first-order chi connectivity index (χ1) is 4.19. The molecule has 0 saturated carbocycles. The van der Waals surface area contributed by atoms with Crippen LogP contribution in [0.25, 0.3) is 0 Å². The summed E-state index contributed by atoms with van der Waals surface area (Å²) in [6, 6.07) is 0. The van der Waals surface area contributed by atoms with E-state index in [2.05, 4.69) is 5.32 Å². The molecule has 4 N–H and O–H groups in total. The predicted molar refractivity (Wildman–Crippen MR) is 30.9 cm³/mol. The number of aliphatic hydroxyl groups excluding tert-OH is 2. The molecule has 1 rings (SSSR count). The molecule has 54 valence electrons. The summed E-state index contributed by atoms with van der Waals surface area (Å²) in [6.07, 6.45) is -0.831. The van der Waals surface area contributed by atoms with Crippen LogP contribution < -0.4 is 5.32 Å². The molecule has 0 aromatic carbocycles. The van der Waals surface area contributed by atoms with Crippen molar-refractivity contribution in [3.05, 3.63) is 0 Å². The van der Waals surface area contributed by atoms with Crippen molar-refractivity contribution in [1.29, 1.82) is 0 Å². The van der Waals surface area contributed by atoms with Gasteiger partial charge in [0.05, 0.1) is 12.7 Å². The maximum absolute atomic E-state index is 9.21. The first kappa shape index (κ1) is 6.95. The fourth-order valence-electron chi connectivity index (χ4n) is 0.894. The van der Waals surface area contributed by atoms with E-state index in [0.717, 1.165) is 0 Å². The first-order valence-corrected chi connectivity index (χ1v) is 2.91. The zero-order valence-corrected chi connectivity index (χ0v) is 5.04. The Hall–Kier alpha value is -0.160. The van der Waals surface area contributed by atoms with Crippen molar-refractivity contribution in [3.63, 3.8) is 0 Å². The van der Waals surface area contributed by atoms with Crippen molar-refractivity contribution >= 4 is 0 Å². The van der Waals surface area contributed by atoms with Gasteiger partial charge in [-0.3, -0.25) is 0 Å². The Bertz CT molecular complexity index is 108. The lowest BCUT2D eigenvalue weighted by Gasteiger charge is -2.21. The lowest BCUT2D eigenvalue weighted by atomic mass is 10.0. The summed E-state index contributed by atoms with van der Waals surface area (Å²) in [7, 11) is 0. The first-order valence-electron chi connectivity index (χ1n) is 2.91. The normalized spacial score (nSPS) is 43.7. The van der Waals surface area contributed by atoms with Gasteiger partial charge in [0.2, 0.25) is 0 Å². The third kappa shape index (κ3) is 1.07. The molecule has 0 radical (unpaired) electrons. The van der Waals surface area contributed by atoms with E-state index in [0.29, 0.717) is 6.54 Å². The largest absolute Gasteiger partial charge is 0.393 e. The highest BCUT2D eigenvalue weighted by Gasteiger charge is 2.39. The molecule has 1 fully saturated rings. The van der Waals surface area contributed by atoms with Gasteiger partial charge >= 0.3 is 0 Å². The Morgan fingerprint density at radius 3 is 2.56 bits per heavy atom. The second-order valence-corrected chi connectivity index (χ2v) is 2.41. The molecule has 0 aromatic rings. The summed E-state index contributed by atoms with van der Waals surface area (Å²) in [5.74, 6) is 0. The maximum atomic E-state index is 9.21. The molecule has 0 aliphatic carbocycles. The molecular formula is C5H11NO3. The molecule has 0 amide bonds. The Morgan fingerprint density at radius 2 is 2.33 bits per heavy atom. The van der Waals surface area contributed by atoms with E-state index >= 15 is 0 Å². The van der Waals surface area contributed by atoms with Gasteiger partial charge in [-0.1, -0.05) is 0 Å². The van der Waals surface area contributed by atoms with Crippen LogP contribution >= 0.6 is 0 Å². The molecule has 4 nitrogen and oxygen atoms in total. The highest BCUT2D eigenvalue weighted by molar-refractivity contribution is 4.95. The van der Waals surface area contributed by atoms with Crippen LogP contribution in [-0.4, -0.2) is 46.7 Å². The van der Waals surface area contributed by atoms with Gasteiger partial charge in [0.15, 0.2) is 0 Å². The molecule has 1 saturated heterocycles. The molecule has 0 bridgehead atoms. The van der Waals surface area contributed by atoms with Gasteiger partial charge in [-0.05, 0) is 0 Å². The number of hydrogen-bond acceptors (Lipinski definition) is 4. The summed E-state index contributed by atoms with van der Waals surface area (Å²) in [5.41, 5.74) is -1.31. The molecule has 1 heterocycles. The second-order valence-electron chi connectivity index (χ2n) is 2.41. The summed E-state index contributed by atoms with van der Waals surface area (Å²) in [6.45, 7) is 0.239. The van der Waals surface area contributed by atoms with Crippen LogP contribution in [0.4, 0.5) is 0 Å². The van der Waals surface area contributed by atoms with Crippen LogP contribution in [0, 0.1) is 0 Å². The van der Waals surface area contributed by atoms with Gasteiger partial charge < -0.3 is 20.6 Å². The van der Waals surface area contributed by atoms with Crippen molar-refractivity contribution in [2.45, 2.75) is 11.7 Å². The average Bonchev–Trinajstić information content (AvgIpc) is 2.15. The van der Waals surface area contributed by atoms with E-state index in [4.69, 9.17) is 10.2 Å². The minimum Gasteiger partial charge on any atom is -0.393 e. The molecule has 1 unspecified atom stereocenters. The molecule has 9 heavy (non-hydrogen) atoms. The Labute approximate surface area is 53.1 Å². The van der Waals surface area contributed by atoms with Crippen LogP contribution in [0.5, 0.6) is 0 Å². The van der Waals surface area contributed by atoms with E-state index < -0.39 is 11.7 Å². The number of β-amino-alcohol motifs (C(OH)–C–C–N with tert-alkyl or cyclic N) is 2. The Morgan fingerprint density at radius 1 is 1.67 bits per heavy atom. The average molecular weight is 133 g/mol. The lowest BCUT2D eigenvalue weighted by molar-refractivity contribution is -0.0731. The molecule has 1 aliphatic heterocycles. The Kier molecular flexibility index (Phi) is 1.72. The van der Waals surface area contributed by atoms with Gasteiger partial charge in [-0.25, -0.2) is 0 Å². The summed E-state index contributed by atoms with van der Waals surface area (Å²) in [4.78, 5) is 0. The van der Waals surface area contributed by atoms with E-state index in [1.807, 2.05) is 0 Å². The van der Waals surface area contributed by atoms with Crippen LogP contribution in [0.3, 0.4) is 0 Å². The molecular weight excluding hydrogens is 122 g/mol. The SMILES string of the molecule is OC[C@@]1(O)CNCC1O. The van der Waals surface area contributed by atoms with Crippen molar-refractivity contribution in [1.82, 2.24) is 5.32 Å². The van der Waals surface area contributed by atoms with Crippen molar-refractivity contribution < 1.29 is 15.3 Å². The van der Waals surface area contributed by atoms with Crippen molar-refractivity contribution in [3.8, 4) is 0 Å². The second kappa shape index (κ2) is 2.22. The van der Waals surface area contributed by atoms with Crippen molar-refractivity contribution in [2.75, 3.05) is 19.7 Å². The van der Waals surface area contributed by atoms with Gasteiger partial charge in [0, 0.05) is 13.1 Å². The van der Waals surface area contributed by atoms with Crippen LogP contribution in [0.1, 0.15) is 0 Å². The third-order valence-corrected chi connectivity index (χ3v) is 1.66. The number of aliphatic hydroxyl groups is 3. The van der Waals surface area contributed by atoms with E-state index in [9.17, 15) is 5.11 Å². The highest BCUT2D eigenvalue weighted by atomic mass is 16.4. The minimum atomic E-state index is -1.31. The quantitative estimate of drug-likeness (QED) is 0.324. The third-order valence-electron chi connectivity index (χ3n) is 1.66. The number of rotatable bonds is 1. The summed E-state index contributed by atoms with van der Waals surface area (Å²) < 4.78 is 0. The number of nitrogens with one attached hydrogen (secondary N) is 1. The van der Waals surface area contributed by atoms with Gasteiger partial charge in [0.25, 0.3) is 0 Å². The standard InChI is InChI=1S/C5H11NO3/c7-3-5(9)2-6-1-4(5)8/h4,6-9H,1-3H2/t4?,5-/m0/s1. The highest BCUT2D eigenvalue weighted by Crippen LogP contribution is 2.13. The zero-order valence-electron chi connectivity index (χ0n) is 5.04. The van der Waals surface area contributed by atoms with Gasteiger partial charge in [0.1, 0.15) is 5.60 Å². The lowest BCUT2D eigenvalue weighted by Crippen LogP contribution is -2.44. The van der Waals surface area contributed by atoms with E-state index in [1.165, 1.54) is 0 Å². The van der Waals surface area contributed by atoms with Crippen LogP contribution in [-0.2, 0) is 0 Å². The van der Waals surface area contributed by atoms with E-state index in [-0.39, 0.29) is 13.2 Å². The maximum Gasteiger partial charge on any atom is 0.127 e. The zero-order chi connectivity index (χ0) is 6.91. The van der Waals surface area contributed by atoms with E-state index in [1.54, 1.807) is 0 Å². The molecule has 0 aromatic heterocycles. The van der Waals surface area contributed by atoms with Gasteiger partial charge in [-0.15, -0.1) is 0 Å². The molecule has 2 atom stereocenters. The Balaban J connectivity index is 2.56. The molecule has 1 aliphatic rings. The van der Waals surface area contributed by atoms with Crippen LogP contribution in [0.2, 0.25) is 0 Å².